The summed E-state index contributed by atoms with van der Waals surface area (Å²) < 4.78 is 2.34. The minimum Gasteiger partial charge on any atom is -0.355 e. The number of aromatic nitrogens is 3. The molecule has 1 aromatic carbocycles. The molecule has 1 aromatic heterocycles. The van der Waals surface area contributed by atoms with Crippen LogP contribution in [0.4, 0.5) is 0 Å². The first-order chi connectivity index (χ1) is 10.1. The second-order valence-electron chi connectivity index (χ2n) is 4.33. The molecule has 1 heterocycles. The molecule has 0 unspecified atom stereocenters. The monoisotopic (exact) mass is 369 g/mol. The number of halogens is 1. The van der Waals surface area contributed by atoms with Gasteiger partial charge in [0.15, 0.2) is 5.82 Å². The van der Waals surface area contributed by atoms with Crippen LogP contribution in [0.15, 0.2) is 33.9 Å². The third-order valence-electron chi connectivity index (χ3n) is 2.65. The van der Waals surface area contributed by atoms with E-state index >= 15 is 0 Å². The molecule has 0 bridgehead atoms. The van der Waals surface area contributed by atoms with Gasteiger partial charge in [-0.3, -0.25) is 4.79 Å². The molecule has 0 saturated heterocycles. The Labute approximate surface area is 135 Å². The number of rotatable bonds is 6. The second-order valence-corrected chi connectivity index (χ2v) is 6.18. The SMILES string of the molecule is CCCNC(=O)CSc1nnc(-c2cccc(Br)c2)n1N. The second kappa shape index (κ2) is 7.46. The van der Waals surface area contributed by atoms with Gasteiger partial charge >= 0.3 is 0 Å². The van der Waals surface area contributed by atoms with Gasteiger partial charge in [-0.25, -0.2) is 4.68 Å². The van der Waals surface area contributed by atoms with Crippen LogP contribution in [0.1, 0.15) is 13.3 Å². The van der Waals surface area contributed by atoms with Gasteiger partial charge in [0.25, 0.3) is 0 Å². The van der Waals surface area contributed by atoms with Crippen LogP contribution in [0.25, 0.3) is 11.4 Å². The van der Waals surface area contributed by atoms with Crippen molar-refractivity contribution in [3.05, 3.63) is 28.7 Å². The van der Waals surface area contributed by atoms with Crippen LogP contribution in [-0.2, 0) is 4.79 Å². The first-order valence-electron chi connectivity index (χ1n) is 6.47. The molecule has 0 aliphatic carbocycles. The maximum atomic E-state index is 11.6. The third kappa shape index (κ3) is 4.21. The molecule has 0 saturated carbocycles. The van der Waals surface area contributed by atoms with Gasteiger partial charge in [0.1, 0.15) is 0 Å². The summed E-state index contributed by atoms with van der Waals surface area (Å²) in [7, 11) is 0. The van der Waals surface area contributed by atoms with Crippen molar-refractivity contribution in [2.24, 2.45) is 0 Å². The van der Waals surface area contributed by atoms with Gasteiger partial charge in [-0.1, -0.05) is 46.7 Å². The minimum atomic E-state index is -0.0335. The summed E-state index contributed by atoms with van der Waals surface area (Å²) in [5, 5.41) is 11.4. The topological polar surface area (TPSA) is 85.8 Å². The van der Waals surface area contributed by atoms with Gasteiger partial charge in [0.2, 0.25) is 11.1 Å². The minimum absolute atomic E-state index is 0.0335. The summed E-state index contributed by atoms with van der Waals surface area (Å²) in [5.41, 5.74) is 0.863. The van der Waals surface area contributed by atoms with E-state index in [1.54, 1.807) is 0 Å². The fourth-order valence-corrected chi connectivity index (χ4v) is 2.73. The highest BCUT2D eigenvalue weighted by Gasteiger charge is 2.13. The number of nitrogens with two attached hydrogens (primary N) is 1. The average Bonchev–Trinajstić information content (AvgIpc) is 2.84. The van der Waals surface area contributed by atoms with E-state index in [0.717, 1.165) is 16.5 Å². The summed E-state index contributed by atoms with van der Waals surface area (Å²) in [6.07, 6.45) is 0.913. The Hall–Kier alpha value is -1.54. The summed E-state index contributed by atoms with van der Waals surface area (Å²) in [6, 6.07) is 7.64. The van der Waals surface area contributed by atoms with E-state index in [2.05, 4.69) is 31.4 Å². The predicted octanol–water partition coefficient (Wildman–Crippen LogP) is 2.04. The highest BCUT2D eigenvalue weighted by molar-refractivity contribution is 9.10. The lowest BCUT2D eigenvalue weighted by Crippen LogP contribution is -2.26. The average molecular weight is 370 g/mol. The highest BCUT2D eigenvalue weighted by atomic mass is 79.9. The quantitative estimate of drug-likeness (QED) is 0.600. The van der Waals surface area contributed by atoms with Crippen LogP contribution in [0, 0.1) is 0 Å². The van der Waals surface area contributed by atoms with Gasteiger partial charge in [0, 0.05) is 16.6 Å². The lowest BCUT2D eigenvalue weighted by atomic mass is 10.2. The van der Waals surface area contributed by atoms with E-state index in [0.29, 0.717) is 17.5 Å². The van der Waals surface area contributed by atoms with Crippen molar-refractivity contribution in [1.29, 1.82) is 0 Å². The lowest BCUT2D eigenvalue weighted by Gasteiger charge is -2.04. The number of benzene rings is 1. The fourth-order valence-electron chi connectivity index (χ4n) is 1.65. The molecular formula is C13H16BrN5OS. The lowest BCUT2D eigenvalue weighted by molar-refractivity contribution is -0.118. The molecular weight excluding hydrogens is 354 g/mol. The molecule has 0 aliphatic rings. The molecule has 21 heavy (non-hydrogen) atoms. The Bertz CT molecular complexity index is 631. The van der Waals surface area contributed by atoms with Crippen molar-refractivity contribution < 1.29 is 4.79 Å². The molecule has 0 aliphatic heterocycles. The smallest absolute Gasteiger partial charge is 0.230 e. The van der Waals surface area contributed by atoms with Crippen molar-refractivity contribution in [3.8, 4) is 11.4 Å². The zero-order chi connectivity index (χ0) is 15.2. The normalized spacial score (nSPS) is 10.6. The zero-order valence-corrected chi connectivity index (χ0v) is 13.9. The molecule has 0 fully saturated rings. The summed E-state index contributed by atoms with van der Waals surface area (Å²) in [4.78, 5) is 11.6. The molecule has 2 rings (SSSR count). The number of carbonyl (C=O) groups excluding carboxylic acids is 1. The van der Waals surface area contributed by atoms with Gasteiger partial charge in [-0.05, 0) is 18.6 Å². The van der Waals surface area contributed by atoms with E-state index in [4.69, 9.17) is 5.84 Å². The van der Waals surface area contributed by atoms with Crippen LogP contribution in [0.2, 0.25) is 0 Å². The Morgan fingerprint density at radius 2 is 2.29 bits per heavy atom. The van der Waals surface area contributed by atoms with Crippen LogP contribution < -0.4 is 11.2 Å². The number of carbonyl (C=O) groups is 1. The van der Waals surface area contributed by atoms with E-state index in [1.165, 1.54) is 16.4 Å². The van der Waals surface area contributed by atoms with Crippen LogP contribution >= 0.6 is 27.7 Å². The van der Waals surface area contributed by atoms with Gasteiger partial charge in [-0.15, -0.1) is 10.2 Å². The maximum absolute atomic E-state index is 11.6. The summed E-state index contributed by atoms with van der Waals surface area (Å²) >= 11 is 4.67. The Balaban J connectivity index is 2.05. The molecule has 3 N–H and O–H groups in total. The predicted molar refractivity (Wildman–Crippen MR) is 87.3 cm³/mol. The van der Waals surface area contributed by atoms with E-state index < -0.39 is 0 Å². The molecule has 0 spiro atoms. The van der Waals surface area contributed by atoms with Gasteiger partial charge in [-0.2, -0.15) is 0 Å². The number of thioether (sulfide) groups is 1. The maximum Gasteiger partial charge on any atom is 0.230 e. The molecule has 8 heteroatoms. The van der Waals surface area contributed by atoms with Gasteiger partial charge in [0.05, 0.1) is 5.75 Å². The number of nitrogens with one attached hydrogen (secondary N) is 1. The number of nitrogen functional groups attached to an aromatic ring is 1. The molecule has 0 radical (unpaired) electrons. The van der Waals surface area contributed by atoms with E-state index in [1.807, 2.05) is 31.2 Å². The first kappa shape index (κ1) is 15.8. The Morgan fingerprint density at radius 1 is 1.48 bits per heavy atom. The standard InChI is InChI=1S/C13H16BrN5OS/c1-2-6-16-11(20)8-21-13-18-17-12(19(13)15)9-4-3-5-10(14)7-9/h3-5,7H,2,6,8,15H2,1H3,(H,16,20). The van der Waals surface area contributed by atoms with Crippen molar-refractivity contribution in [2.75, 3.05) is 18.1 Å². The Morgan fingerprint density at radius 3 is 3.00 bits per heavy atom. The number of nitrogens with zero attached hydrogens (tertiary/aromatic N) is 3. The zero-order valence-electron chi connectivity index (χ0n) is 11.5. The van der Waals surface area contributed by atoms with Crippen molar-refractivity contribution >= 4 is 33.6 Å². The number of hydrogen-bond acceptors (Lipinski definition) is 5. The van der Waals surface area contributed by atoms with Crippen molar-refractivity contribution in [2.45, 2.75) is 18.5 Å². The molecule has 6 nitrogen and oxygen atoms in total. The van der Waals surface area contributed by atoms with Crippen LogP contribution in [0.5, 0.6) is 0 Å². The first-order valence-corrected chi connectivity index (χ1v) is 8.25. The third-order valence-corrected chi connectivity index (χ3v) is 4.09. The van der Waals surface area contributed by atoms with E-state index in [9.17, 15) is 4.79 Å². The Kier molecular flexibility index (Phi) is 5.63. The van der Waals surface area contributed by atoms with Crippen molar-refractivity contribution in [1.82, 2.24) is 20.2 Å². The van der Waals surface area contributed by atoms with Crippen molar-refractivity contribution in [3.63, 3.8) is 0 Å². The number of amides is 1. The molecule has 112 valence electrons. The summed E-state index contributed by atoms with van der Waals surface area (Å²) in [6.45, 7) is 2.69. The molecule has 0 atom stereocenters. The van der Waals surface area contributed by atoms with E-state index in [-0.39, 0.29) is 11.7 Å². The largest absolute Gasteiger partial charge is 0.355 e. The highest BCUT2D eigenvalue weighted by Crippen LogP contribution is 2.23. The van der Waals surface area contributed by atoms with Crippen LogP contribution in [0.3, 0.4) is 0 Å². The van der Waals surface area contributed by atoms with Crippen LogP contribution in [-0.4, -0.2) is 33.1 Å². The molecule has 2 aromatic rings. The number of hydrogen-bond donors (Lipinski definition) is 2. The molecule has 1 amide bonds. The summed E-state index contributed by atoms with van der Waals surface area (Å²) in [5.74, 6) is 6.80. The fraction of sp³-hybridized carbons (Fsp3) is 0.308. The van der Waals surface area contributed by atoms with Gasteiger partial charge < -0.3 is 11.2 Å².